The lowest BCUT2D eigenvalue weighted by atomic mass is 9.89. The number of carbonyl (C=O) groups is 1. The third kappa shape index (κ3) is 3.62. The molecule has 0 saturated heterocycles. The molecule has 2 aromatic rings. The number of hydrogen-bond acceptors (Lipinski definition) is 4. The Morgan fingerprint density at radius 2 is 2.04 bits per heavy atom. The molecule has 0 unspecified atom stereocenters. The van der Waals surface area contributed by atoms with Gasteiger partial charge in [0.25, 0.3) is 5.56 Å². The number of rotatable bonds is 3. The number of nitrogens with one attached hydrogen (secondary N) is 2. The number of benzene rings is 1. The first kappa shape index (κ1) is 19.6. The number of aromatic nitrogens is 2. The van der Waals surface area contributed by atoms with Crippen LogP contribution in [0.3, 0.4) is 0 Å². The summed E-state index contributed by atoms with van der Waals surface area (Å²) >= 11 is 0. The number of fused-ring (bicyclic) bond motifs is 1. The van der Waals surface area contributed by atoms with Gasteiger partial charge in [0.2, 0.25) is 5.88 Å². The van der Waals surface area contributed by atoms with E-state index in [9.17, 15) is 9.59 Å². The molecule has 0 bridgehead atoms. The Morgan fingerprint density at radius 3 is 2.68 bits per heavy atom. The van der Waals surface area contributed by atoms with Crippen LogP contribution in [-0.4, -0.2) is 29.4 Å². The second-order valence-electron chi connectivity index (χ2n) is 7.75. The average Bonchev–Trinajstić information content (AvgIpc) is 3.15. The first-order chi connectivity index (χ1) is 13.2. The van der Waals surface area contributed by atoms with Crippen molar-refractivity contribution < 1.29 is 9.53 Å². The van der Waals surface area contributed by atoms with Crippen molar-refractivity contribution in [1.29, 1.82) is 0 Å². The van der Waals surface area contributed by atoms with Crippen molar-refractivity contribution >= 4 is 17.8 Å². The molecule has 1 aromatic carbocycles. The van der Waals surface area contributed by atoms with Crippen LogP contribution in [0.15, 0.2) is 40.7 Å². The molecule has 1 aliphatic heterocycles. The zero-order valence-electron chi connectivity index (χ0n) is 16.9. The molecule has 7 heteroatoms. The highest BCUT2D eigenvalue weighted by Crippen LogP contribution is 2.36. The second-order valence-corrected chi connectivity index (χ2v) is 7.75. The number of hydrogen-bond donors (Lipinski definition) is 2. The molecule has 0 fully saturated rings. The highest BCUT2D eigenvalue weighted by molar-refractivity contribution is 5.76. The lowest BCUT2D eigenvalue weighted by Crippen LogP contribution is -2.36. The molecule has 1 amide bonds. The molecule has 28 heavy (non-hydrogen) atoms. The summed E-state index contributed by atoms with van der Waals surface area (Å²) in [6, 6.07) is 7.19. The maximum atomic E-state index is 12.9. The van der Waals surface area contributed by atoms with Crippen molar-refractivity contribution in [2.45, 2.75) is 39.5 Å². The molecule has 148 valence electrons. The summed E-state index contributed by atoms with van der Waals surface area (Å²) in [5, 5.41) is 5.68. The van der Waals surface area contributed by atoms with Crippen LogP contribution >= 0.6 is 0 Å². The summed E-state index contributed by atoms with van der Waals surface area (Å²) < 4.78 is 6.83. The minimum absolute atomic E-state index is 0.362. The first-order valence-electron chi connectivity index (χ1n) is 9.35. The van der Waals surface area contributed by atoms with Gasteiger partial charge >= 0.3 is 6.03 Å². The quantitative estimate of drug-likeness (QED) is 0.797. The standard InChI is InChI=1S/C21H26N4O3/c1-6-13-22-20(27)25-19(26)14(18(23-25)21(2,3)4)11-12-17-24(5)15-9-7-8-10-16(15)28-17/h7-11,23H,6,13H2,1-5H3,(H,22,27). The van der Waals surface area contributed by atoms with Crippen LogP contribution in [0, 0.1) is 0 Å². The van der Waals surface area contributed by atoms with E-state index in [-0.39, 0.29) is 5.41 Å². The predicted molar refractivity (Wildman–Crippen MR) is 110 cm³/mol. The van der Waals surface area contributed by atoms with Gasteiger partial charge in [0.15, 0.2) is 5.75 Å². The highest BCUT2D eigenvalue weighted by atomic mass is 16.5. The number of para-hydroxylation sites is 2. The Bertz CT molecular complexity index is 1020. The molecule has 1 aliphatic rings. The fourth-order valence-electron chi connectivity index (χ4n) is 2.97. The third-order valence-electron chi connectivity index (χ3n) is 4.48. The zero-order valence-corrected chi connectivity index (χ0v) is 16.9. The van der Waals surface area contributed by atoms with E-state index in [1.54, 1.807) is 6.08 Å². The smallest absolute Gasteiger partial charge is 0.343 e. The van der Waals surface area contributed by atoms with Gasteiger partial charge < -0.3 is 15.0 Å². The van der Waals surface area contributed by atoms with Crippen molar-refractivity contribution in [3.8, 4) is 5.75 Å². The Morgan fingerprint density at radius 1 is 1.32 bits per heavy atom. The normalized spacial score (nSPS) is 13.0. The summed E-state index contributed by atoms with van der Waals surface area (Å²) in [5.41, 5.74) is 4.28. The van der Waals surface area contributed by atoms with Crippen LogP contribution in [0.5, 0.6) is 5.75 Å². The van der Waals surface area contributed by atoms with E-state index in [1.807, 2.05) is 63.9 Å². The molecule has 3 rings (SSSR count). The van der Waals surface area contributed by atoms with Gasteiger partial charge in [-0.15, -0.1) is 0 Å². The summed E-state index contributed by atoms with van der Waals surface area (Å²) in [6.45, 7) is 8.39. The van der Waals surface area contributed by atoms with Crippen molar-refractivity contribution in [2.75, 3.05) is 18.5 Å². The van der Waals surface area contributed by atoms with Crippen LogP contribution in [-0.2, 0) is 5.41 Å². The van der Waals surface area contributed by atoms with Gasteiger partial charge in [-0.25, -0.2) is 4.79 Å². The number of H-pyrrole nitrogens is 1. The lowest BCUT2D eigenvalue weighted by molar-refractivity contribution is 0.238. The number of amides is 1. The van der Waals surface area contributed by atoms with Gasteiger partial charge in [-0.2, -0.15) is 4.68 Å². The molecule has 0 saturated carbocycles. The Balaban J connectivity index is 2.04. The number of aromatic amines is 1. The van der Waals surface area contributed by atoms with Crippen molar-refractivity contribution in [3.05, 3.63) is 57.5 Å². The SMILES string of the molecule is CCCNC(=O)n1[nH]c(C(C)(C)C)c(C=C=C2Oc3ccccc3N2C)c1=O. The summed E-state index contributed by atoms with van der Waals surface area (Å²) in [6.07, 6.45) is 2.37. The second kappa shape index (κ2) is 7.44. The fraction of sp³-hybridized carbons (Fsp3) is 0.381. The first-order valence-corrected chi connectivity index (χ1v) is 9.35. The largest absolute Gasteiger partial charge is 0.432 e. The van der Waals surface area contributed by atoms with E-state index in [0.29, 0.717) is 23.7 Å². The van der Waals surface area contributed by atoms with Gasteiger partial charge in [0, 0.05) is 25.1 Å². The molecular weight excluding hydrogens is 356 g/mol. The van der Waals surface area contributed by atoms with Crippen molar-refractivity contribution in [2.24, 2.45) is 0 Å². The summed E-state index contributed by atoms with van der Waals surface area (Å²) in [4.78, 5) is 27.1. The van der Waals surface area contributed by atoms with E-state index < -0.39 is 11.6 Å². The molecule has 0 atom stereocenters. The maximum absolute atomic E-state index is 12.9. The molecule has 0 spiro atoms. The minimum atomic E-state index is -0.466. The van der Waals surface area contributed by atoms with Crippen molar-refractivity contribution in [3.63, 3.8) is 0 Å². The van der Waals surface area contributed by atoms with E-state index in [1.165, 1.54) is 0 Å². The zero-order chi connectivity index (χ0) is 20.5. The Kier molecular flexibility index (Phi) is 5.21. The van der Waals surface area contributed by atoms with E-state index in [2.05, 4.69) is 16.1 Å². The maximum Gasteiger partial charge on any atom is 0.343 e. The average molecular weight is 382 g/mol. The van der Waals surface area contributed by atoms with Gasteiger partial charge in [0.05, 0.1) is 16.9 Å². The van der Waals surface area contributed by atoms with Crippen LogP contribution in [0.1, 0.15) is 45.4 Å². The Hall–Kier alpha value is -3.18. The number of carbonyl (C=O) groups excluding carboxylic acids is 1. The summed E-state index contributed by atoms with van der Waals surface area (Å²) in [7, 11) is 1.88. The molecular formula is C21H26N4O3. The number of ether oxygens (including phenoxy) is 1. The number of nitrogens with zero attached hydrogens (tertiary/aromatic N) is 2. The topological polar surface area (TPSA) is 79.4 Å². The van der Waals surface area contributed by atoms with Crippen molar-refractivity contribution in [1.82, 2.24) is 15.1 Å². The van der Waals surface area contributed by atoms with Crippen LogP contribution in [0.2, 0.25) is 0 Å². The molecule has 0 aliphatic carbocycles. The Labute approximate surface area is 164 Å². The lowest BCUT2D eigenvalue weighted by Gasteiger charge is -2.17. The van der Waals surface area contributed by atoms with Crippen LogP contribution in [0.4, 0.5) is 10.5 Å². The number of anilines is 1. The monoisotopic (exact) mass is 382 g/mol. The van der Waals surface area contributed by atoms with Gasteiger partial charge in [-0.3, -0.25) is 9.89 Å². The van der Waals surface area contributed by atoms with E-state index in [4.69, 9.17) is 4.74 Å². The molecule has 7 nitrogen and oxygen atoms in total. The van der Waals surface area contributed by atoms with Crippen LogP contribution in [0.25, 0.3) is 6.08 Å². The molecule has 2 heterocycles. The van der Waals surface area contributed by atoms with Gasteiger partial charge in [0.1, 0.15) is 0 Å². The minimum Gasteiger partial charge on any atom is -0.432 e. The fourth-order valence-corrected chi connectivity index (χ4v) is 2.97. The molecule has 2 N–H and O–H groups in total. The molecule has 1 aromatic heterocycles. The van der Waals surface area contributed by atoms with E-state index in [0.717, 1.165) is 22.5 Å². The third-order valence-corrected chi connectivity index (χ3v) is 4.48. The van der Waals surface area contributed by atoms with E-state index >= 15 is 0 Å². The van der Waals surface area contributed by atoms with Crippen LogP contribution < -0.4 is 20.5 Å². The summed E-state index contributed by atoms with van der Waals surface area (Å²) in [5.74, 6) is 1.23. The predicted octanol–water partition coefficient (Wildman–Crippen LogP) is 3.42. The van der Waals surface area contributed by atoms with Gasteiger partial charge in [-0.05, 0) is 18.6 Å². The molecule has 0 radical (unpaired) electrons. The van der Waals surface area contributed by atoms with Gasteiger partial charge in [-0.1, -0.05) is 45.6 Å². The highest BCUT2D eigenvalue weighted by Gasteiger charge is 2.26.